The van der Waals surface area contributed by atoms with E-state index in [9.17, 15) is 9.59 Å². The van der Waals surface area contributed by atoms with Crippen LogP contribution in [-0.2, 0) is 11.3 Å². The van der Waals surface area contributed by atoms with Crippen molar-refractivity contribution >= 4 is 11.9 Å². The van der Waals surface area contributed by atoms with Crippen LogP contribution in [0.25, 0.3) is 0 Å². The molecular weight excluding hydrogens is 378 g/mol. The average molecular weight is 410 g/mol. The Hall–Kier alpha value is -3.02. The van der Waals surface area contributed by atoms with Crippen molar-refractivity contribution < 1.29 is 14.3 Å². The molecule has 0 saturated heterocycles. The smallest absolute Gasteiger partial charge is 0.315 e. The highest BCUT2D eigenvalue weighted by Crippen LogP contribution is 2.31. The molecule has 30 heavy (non-hydrogen) atoms. The van der Waals surface area contributed by atoms with E-state index in [4.69, 9.17) is 4.74 Å². The topological polar surface area (TPSA) is 79.5 Å². The highest BCUT2D eigenvalue weighted by Gasteiger charge is 2.42. The van der Waals surface area contributed by atoms with E-state index in [0.29, 0.717) is 26.0 Å². The summed E-state index contributed by atoms with van der Waals surface area (Å²) in [6.07, 6.45) is 3.12. The van der Waals surface area contributed by atoms with Crippen LogP contribution >= 0.6 is 0 Å². The highest BCUT2D eigenvalue weighted by molar-refractivity contribution is 5.91. The van der Waals surface area contributed by atoms with Gasteiger partial charge in [-0.1, -0.05) is 55.3 Å². The Morgan fingerprint density at radius 3 is 2.50 bits per heavy atom. The van der Waals surface area contributed by atoms with Crippen LogP contribution < -0.4 is 20.7 Å². The first-order chi connectivity index (χ1) is 14.5. The lowest BCUT2D eigenvalue weighted by Crippen LogP contribution is -2.59. The Balaban J connectivity index is 1.62. The summed E-state index contributed by atoms with van der Waals surface area (Å²) in [6.45, 7) is 4.90. The molecule has 3 N–H and O–H groups in total. The average Bonchev–Trinajstić information content (AvgIpc) is 3.23. The van der Waals surface area contributed by atoms with Crippen molar-refractivity contribution in [2.45, 2.75) is 57.7 Å². The molecule has 0 spiro atoms. The quantitative estimate of drug-likeness (QED) is 0.615. The zero-order chi connectivity index (χ0) is 21.4. The van der Waals surface area contributed by atoms with Gasteiger partial charge in [0.2, 0.25) is 5.91 Å². The van der Waals surface area contributed by atoms with Gasteiger partial charge in [0, 0.05) is 6.54 Å². The summed E-state index contributed by atoms with van der Waals surface area (Å²) in [4.78, 5) is 25.7. The van der Waals surface area contributed by atoms with Crippen molar-refractivity contribution in [2.24, 2.45) is 0 Å². The predicted octanol–water partition coefficient (Wildman–Crippen LogP) is 4.07. The maximum absolute atomic E-state index is 13.2. The third-order valence-electron chi connectivity index (χ3n) is 5.56. The second-order valence-electron chi connectivity index (χ2n) is 7.78. The standard InChI is InChI=1S/C24H31N3O3/c1-3-30-21-13-9-12-20(16-21)18(2)26-22(28)24(14-7-8-15-24)27-23(29)25-17-19-10-5-4-6-11-19/h4-6,9-13,16,18H,3,7-8,14-15,17H2,1-2H3,(H,26,28)(H2,25,27,29). The maximum Gasteiger partial charge on any atom is 0.315 e. The Bertz CT molecular complexity index is 848. The molecule has 0 aliphatic heterocycles. The van der Waals surface area contributed by atoms with Crippen LogP contribution in [0.5, 0.6) is 5.75 Å². The van der Waals surface area contributed by atoms with Crippen molar-refractivity contribution in [1.29, 1.82) is 0 Å². The Kier molecular flexibility index (Phi) is 7.33. The van der Waals surface area contributed by atoms with E-state index in [0.717, 1.165) is 29.7 Å². The van der Waals surface area contributed by atoms with E-state index < -0.39 is 5.54 Å². The van der Waals surface area contributed by atoms with E-state index in [-0.39, 0.29) is 18.0 Å². The summed E-state index contributed by atoms with van der Waals surface area (Å²) < 4.78 is 5.56. The van der Waals surface area contributed by atoms with E-state index in [1.807, 2.05) is 68.4 Å². The number of carbonyl (C=O) groups is 2. The number of nitrogens with one attached hydrogen (secondary N) is 3. The van der Waals surface area contributed by atoms with E-state index in [1.165, 1.54) is 0 Å². The maximum atomic E-state index is 13.2. The van der Waals surface area contributed by atoms with Crippen LogP contribution in [0.15, 0.2) is 54.6 Å². The van der Waals surface area contributed by atoms with Crippen molar-refractivity contribution in [3.05, 3.63) is 65.7 Å². The lowest BCUT2D eigenvalue weighted by atomic mass is 9.95. The van der Waals surface area contributed by atoms with Gasteiger partial charge < -0.3 is 20.7 Å². The summed E-state index contributed by atoms with van der Waals surface area (Å²) in [6, 6.07) is 16.9. The molecule has 1 aliphatic carbocycles. The largest absolute Gasteiger partial charge is 0.494 e. The molecule has 1 fully saturated rings. The molecule has 3 amide bonds. The van der Waals surface area contributed by atoms with Crippen LogP contribution in [0.1, 0.15) is 56.7 Å². The van der Waals surface area contributed by atoms with Crippen LogP contribution in [0, 0.1) is 0 Å². The lowest BCUT2D eigenvalue weighted by molar-refractivity contribution is -0.127. The Morgan fingerprint density at radius 2 is 1.80 bits per heavy atom. The fraction of sp³-hybridized carbons (Fsp3) is 0.417. The van der Waals surface area contributed by atoms with Crippen LogP contribution in [0.4, 0.5) is 4.79 Å². The summed E-state index contributed by atoms with van der Waals surface area (Å²) in [5, 5.41) is 8.92. The molecular formula is C24H31N3O3. The van der Waals surface area contributed by atoms with E-state index >= 15 is 0 Å². The molecule has 1 saturated carbocycles. The first kappa shape index (κ1) is 21.7. The molecule has 2 aromatic rings. The van der Waals surface area contributed by atoms with Crippen molar-refractivity contribution in [3.63, 3.8) is 0 Å². The molecule has 0 aromatic heterocycles. The summed E-state index contributed by atoms with van der Waals surface area (Å²) in [7, 11) is 0. The Labute approximate surface area is 178 Å². The minimum absolute atomic E-state index is 0.135. The molecule has 3 rings (SSSR count). The van der Waals surface area contributed by atoms with Gasteiger partial charge in [-0.05, 0) is 49.9 Å². The molecule has 1 aliphatic rings. The third-order valence-corrected chi connectivity index (χ3v) is 5.56. The van der Waals surface area contributed by atoms with Gasteiger partial charge in [0.25, 0.3) is 0 Å². The fourth-order valence-corrected chi connectivity index (χ4v) is 3.89. The summed E-state index contributed by atoms with van der Waals surface area (Å²) in [5.41, 5.74) is 1.11. The molecule has 160 valence electrons. The minimum atomic E-state index is -0.868. The zero-order valence-electron chi connectivity index (χ0n) is 17.7. The number of ether oxygens (including phenoxy) is 1. The predicted molar refractivity (Wildman–Crippen MR) is 117 cm³/mol. The molecule has 6 heteroatoms. The van der Waals surface area contributed by atoms with Gasteiger partial charge in [-0.3, -0.25) is 4.79 Å². The first-order valence-electron chi connectivity index (χ1n) is 10.7. The van der Waals surface area contributed by atoms with Gasteiger partial charge >= 0.3 is 6.03 Å². The van der Waals surface area contributed by atoms with Gasteiger partial charge in [-0.2, -0.15) is 0 Å². The highest BCUT2D eigenvalue weighted by atomic mass is 16.5. The molecule has 0 heterocycles. The number of carbonyl (C=O) groups excluding carboxylic acids is 2. The van der Waals surface area contributed by atoms with Gasteiger partial charge in [-0.15, -0.1) is 0 Å². The molecule has 0 bridgehead atoms. The Morgan fingerprint density at radius 1 is 1.07 bits per heavy atom. The summed E-state index contributed by atoms with van der Waals surface area (Å²) >= 11 is 0. The van der Waals surface area contributed by atoms with Crippen LogP contribution in [0.3, 0.4) is 0 Å². The number of benzene rings is 2. The van der Waals surface area contributed by atoms with Gasteiger partial charge in [-0.25, -0.2) is 4.79 Å². The third kappa shape index (κ3) is 5.53. The minimum Gasteiger partial charge on any atom is -0.494 e. The molecule has 1 atom stereocenters. The number of hydrogen-bond donors (Lipinski definition) is 3. The fourth-order valence-electron chi connectivity index (χ4n) is 3.89. The monoisotopic (exact) mass is 409 g/mol. The van der Waals surface area contributed by atoms with E-state index in [2.05, 4.69) is 16.0 Å². The van der Waals surface area contributed by atoms with Gasteiger partial charge in [0.15, 0.2) is 0 Å². The second-order valence-corrected chi connectivity index (χ2v) is 7.78. The van der Waals surface area contributed by atoms with E-state index in [1.54, 1.807) is 0 Å². The summed E-state index contributed by atoms with van der Waals surface area (Å²) in [5.74, 6) is 0.647. The first-order valence-corrected chi connectivity index (χ1v) is 10.7. The van der Waals surface area contributed by atoms with Gasteiger partial charge in [0.05, 0.1) is 12.6 Å². The number of amides is 3. The number of rotatable bonds is 8. The SMILES string of the molecule is CCOc1cccc(C(C)NC(=O)C2(NC(=O)NCc3ccccc3)CCCC2)c1. The zero-order valence-corrected chi connectivity index (χ0v) is 17.7. The normalized spacial score (nSPS) is 15.8. The number of urea groups is 1. The molecule has 0 radical (unpaired) electrons. The second kappa shape index (κ2) is 10.1. The van der Waals surface area contributed by atoms with Gasteiger partial charge in [0.1, 0.15) is 11.3 Å². The van der Waals surface area contributed by atoms with Crippen LogP contribution in [0.2, 0.25) is 0 Å². The van der Waals surface area contributed by atoms with Crippen LogP contribution in [-0.4, -0.2) is 24.1 Å². The lowest BCUT2D eigenvalue weighted by Gasteiger charge is -2.30. The van der Waals surface area contributed by atoms with Crippen molar-refractivity contribution in [3.8, 4) is 5.75 Å². The molecule has 1 unspecified atom stereocenters. The molecule has 6 nitrogen and oxygen atoms in total. The van der Waals surface area contributed by atoms with Crippen molar-refractivity contribution in [2.75, 3.05) is 6.61 Å². The number of hydrogen-bond acceptors (Lipinski definition) is 3. The van der Waals surface area contributed by atoms with Crippen molar-refractivity contribution in [1.82, 2.24) is 16.0 Å². The molecule has 2 aromatic carbocycles.